The van der Waals surface area contributed by atoms with E-state index in [-0.39, 0.29) is 4.90 Å². The van der Waals surface area contributed by atoms with Gasteiger partial charge in [-0.15, -0.1) is 0 Å². The number of rotatable bonds is 7. The van der Waals surface area contributed by atoms with Gasteiger partial charge in [-0.05, 0) is 42.7 Å². The van der Waals surface area contributed by atoms with Gasteiger partial charge in [0, 0.05) is 25.8 Å². The van der Waals surface area contributed by atoms with E-state index < -0.39 is 16.1 Å². The number of hydrazine groups is 1. The molecule has 1 saturated heterocycles. The van der Waals surface area contributed by atoms with Crippen LogP contribution in [-0.4, -0.2) is 43.9 Å². The van der Waals surface area contributed by atoms with Crippen LogP contribution in [0.2, 0.25) is 0 Å². The lowest BCUT2D eigenvalue weighted by Crippen LogP contribution is -2.39. The molecular weight excluding hydrogens is 394 g/mol. The normalized spacial score (nSPS) is 14.8. The Morgan fingerprint density at radius 3 is 2.45 bits per heavy atom. The maximum atomic E-state index is 12.6. The molecule has 1 aromatic heterocycles. The Morgan fingerprint density at radius 1 is 1.10 bits per heavy atom. The van der Waals surface area contributed by atoms with Crippen LogP contribution >= 0.6 is 0 Å². The Balaban J connectivity index is 1.48. The topological polar surface area (TPSA) is 113 Å². The number of hydrogen-bond donors (Lipinski definition) is 3. The summed E-state index contributed by atoms with van der Waals surface area (Å²) < 4.78 is 31.8. The minimum atomic E-state index is -3.52. The first kappa shape index (κ1) is 20.9. The summed E-state index contributed by atoms with van der Waals surface area (Å²) in [6.07, 6.45) is 4.10. The third kappa shape index (κ3) is 5.58. The molecule has 2 aromatic rings. The highest BCUT2D eigenvalue weighted by Crippen LogP contribution is 2.20. The third-order valence-corrected chi connectivity index (χ3v) is 6.49. The van der Waals surface area contributed by atoms with Gasteiger partial charge in [-0.2, -0.15) is 4.31 Å². The van der Waals surface area contributed by atoms with Gasteiger partial charge >= 0.3 is 6.03 Å². The zero-order chi connectivity index (χ0) is 20.7. The van der Waals surface area contributed by atoms with Gasteiger partial charge in [0.05, 0.1) is 7.11 Å². The molecule has 10 heteroatoms. The van der Waals surface area contributed by atoms with Crippen molar-refractivity contribution in [3.8, 4) is 5.75 Å². The molecular formula is C19H25N5O4S. The molecule has 29 heavy (non-hydrogen) atoms. The lowest BCUT2D eigenvalue weighted by molar-refractivity contribution is 0.242. The van der Waals surface area contributed by atoms with Crippen LogP contribution < -0.4 is 20.9 Å². The molecule has 1 aliphatic rings. The van der Waals surface area contributed by atoms with Crippen molar-refractivity contribution in [2.24, 2.45) is 0 Å². The molecule has 3 rings (SSSR count). The number of sulfonamides is 1. The van der Waals surface area contributed by atoms with Gasteiger partial charge in [0.1, 0.15) is 16.5 Å². The first-order valence-electron chi connectivity index (χ1n) is 9.38. The van der Waals surface area contributed by atoms with Gasteiger partial charge in [-0.25, -0.2) is 18.2 Å². The molecule has 0 aliphatic carbocycles. The largest absolute Gasteiger partial charge is 0.497 e. The van der Waals surface area contributed by atoms with E-state index in [0.717, 1.165) is 30.6 Å². The molecule has 1 fully saturated rings. The summed E-state index contributed by atoms with van der Waals surface area (Å²) in [5, 5.41) is 2.70. The summed E-state index contributed by atoms with van der Waals surface area (Å²) in [4.78, 5) is 16.1. The van der Waals surface area contributed by atoms with E-state index in [2.05, 4.69) is 21.2 Å². The van der Waals surface area contributed by atoms with Crippen LogP contribution in [-0.2, 0) is 16.6 Å². The second kappa shape index (κ2) is 9.57. The first-order chi connectivity index (χ1) is 14.0. The molecule has 0 saturated carbocycles. The molecule has 0 spiro atoms. The number of anilines is 1. The van der Waals surface area contributed by atoms with Crippen LogP contribution in [0, 0.1) is 0 Å². The standard InChI is InChI=1S/C19H25N5O4S/c1-28-16-7-5-15(6-8-16)13-21-19(25)23-22-18-10-9-17(14-20-18)29(26,27)24-11-3-2-4-12-24/h5-10,14H,2-4,11-13H2,1H3,(H,20,22)(H2,21,23,25). The smallest absolute Gasteiger partial charge is 0.333 e. The number of amides is 2. The Hall–Kier alpha value is -2.85. The maximum Gasteiger partial charge on any atom is 0.333 e. The number of carbonyl (C=O) groups is 1. The van der Waals surface area contributed by atoms with Gasteiger partial charge in [-0.1, -0.05) is 18.6 Å². The number of ether oxygens (including phenoxy) is 1. The summed E-state index contributed by atoms with van der Waals surface area (Å²) in [6, 6.07) is 9.91. The summed E-state index contributed by atoms with van der Waals surface area (Å²) in [7, 11) is -1.93. The quantitative estimate of drug-likeness (QED) is 0.593. The predicted molar refractivity (Wildman–Crippen MR) is 109 cm³/mol. The third-order valence-electron chi connectivity index (χ3n) is 4.61. The molecule has 0 radical (unpaired) electrons. The first-order valence-corrected chi connectivity index (χ1v) is 10.8. The molecule has 1 aromatic carbocycles. The number of aromatic nitrogens is 1. The summed E-state index contributed by atoms with van der Waals surface area (Å²) in [5.74, 6) is 1.08. The van der Waals surface area contributed by atoms with Crippen LogP contribution in [0.1, 0.15) is 24.8 Å². The van der Waals surface area contributed by atoms with Crippen molar-refractivity contribution in [3.63, 3.8) is 0 Å². The molecule has 0 unspecified atom stereocenters. The summed E-state index contributed by atoms with van der Waals surface area (Å²) in [5.41, 5.74) is 6.04. The number of pyridine rings is 1. The molecule has 1 aliphatic heterocycles. The second-order valence-corrected chi connectivity index (χ2v) is 8.56. The lowest BCUT2D eigenvalue weighted by Gasteiger charge is -2.25. The van der Waals surface area contributed by atoms with E-state index in [1.807, 2.05) is 24.3 Å². The summed E-state index contributed by atoms with van der Waals surface area (Å²) >= 11 is 0. The number of piperidine rings is 1. The van der Waals surface area contributed by atoms with E-state index in [4.69, 9.17) is 4.74 Å². The average Bonchev–Trinajstić information content (AvgIpc) is 2.77. The molecule has 2 amide bonds. The van der Waals surface area contributed by atoms with Crippen LogP contribution in [0.5, 0.6) is 5.75 Å². The fraction of sp³-hybridized carbons (Fsp3) is 0.368. The molecule has 156 valence electrons. The van der Waals surface area contributed by atoms with E-state index in [1.165, 1.54) is 22.6 Å². The van der Waals surface area contributed by atoms with Crippen molar-refractivity contribution in [3.05, 3.63) is 48.2 Å². The highest BCUT2D eigenvalue weighted by molar-refractivity contribution is 7.89. The number of nitrogens with one attached hydrogen (secondary N) is 3. The van der Waals surface area contributed by atoms with Crippen molar-refractivity contribution in [1.29, 1.82) is 0 Å². The molecule has 9 nitrogen and oxygen atoms in total. The zero-order valence-corrected chi connectivity index (χ0v) is 17.0. The minimum absolute atomic E-state index is 0.147. The highest BCUT2D eigenvalue weighted by Gasteiger charge is 2.26. The average molecular weight is 420 g/mol. The number of carbonyl (C=O) groups excluding carboxylic acids is 1. The van der Waals surface area contributed by atoms with E-state index >= 15 is 0 Å². The summed E-state index contributed by atoms with van der Waals surface area (Å²) in [6.45, 7) is 1.43. The zero-order valence-electron chi connectivity index (χ0n) is 16.2. The van der Waals surface area contributed by atoms with Crippen molar-refractivity contribution in [1.82, 2.24) is 20.0 Å². The number of nitrogens with zero attached hydrogens (tertiary/aromatic N) is 2. The van der Waals surface area contributed by atoms with Gasteiger partial charge in [0.2, 0.25) is 10.0 Å². The molecule has 0 atom stereocenters. The van der Waals surface area contributed by atoms with Crippen LogP contribution in [0.4, 0.5) is 10.6 Å². The predicted octanol–water partition coefficient (Wildman–Crippen LogP) is 2.09. The van der Waals surface area contributed by atoms with Gasteiger partial charge in [0.25, 0.3) is 0 Å². The van der Waals surface area contributed by atoms with Crippen molar-refractivity contribution < 1.29 is 17.9 Å². The van der Waals surface area contributed by atoms with Crippen LogP contribution in [0.25, 0.3) is 0 Å². The molecule has 0 bridgehead atoms. The molecule has 3 N–H and O–H groups in total. The Morgan fingerprint density at radius 2 is 1.83 bits per heavy atom. The van der Waals surface area contributed by atoms with E-state index in [0.29, 0.717) is 25.5 Å². The number of methoxy groups -OCH3 is 1. The SMILES string of the molecule is COc1ccc(CNC(=O)NNc2ccc(S(=O)(=O)N3CCCCC3)cn2)cc1. The van der Waals surface area contributed by atoms with Crippen molar-refractivity contribution >= 4 is 21.9 Å². The minimum Gasteiger partial charge on any atom is -0.497 e. The number of urea groups is 1. The Bertz CT molecular complexity index is 911. The number of hydrogen-bond acceptors (Lipinski definition) is 6. The fourth-order valence-corrected chi connectivity index (χ4v) is 4.41. The van der Waals surface area contributed by atoms with Crippen molar-refractivity contribution in [2.75, 3.05) is 25.6 Å². The van der Waals surface area contributed by atoms with Crippen LogP contribution in [0.15, 0.2) is 47.5 Å². The fourth-order valence-electron chi connectivity index (χ4n) is 2.95. The molecule has 2 heterocycles. The Kier molecular flexibility index (Phi) is 6.89. The van der Waals surface area contributed by atoms with Gasteiger partial charge in [-0.3, -0.25) is 10.9 Å². The number of benzene rings is 1. The van der Waals surface area contributed by atoms with Gasteiger partial charge < -0.3 is 10.1 Å². The van der Waals surface area contributed by atoms with Gasteiger partial charge in [0.15, 0.2) is 0 Å². The lowest BCUT2D eigenvalue weighted by atomic mass is 10.2. The van der Waals surface area contributed by atoms with E-state index in [1.54, 1.807) is 7.11 Å². The Labute approximate surface area is 170 Å². The van der Waals surface area contributed by atoms with Crippen molar-refractivity contribution in [2.45, 2.75) is 30.7 Å². The van der Waals surface area contributed by atoms with E-state index in [9.17, 15) is 13.2 Å². The second-order valence-electron chi connectivity index (χ2n) is 6.62. The maximum absolute atomic E-state index is 12.6. The highest BCUT2D eigenvalue weighted by atomic mass is 32.2. The monoisotopic (exact) mass is 419 g/mol. The van der Waals surface area contributed by atoms with Crippen LogP contribution in [0.3, 0.4) is 0 Å².